The predicted octanol–water partition coefficient (Wildman–Crippen LogP) is 14.9. The molecule has 0 amide bonds. The van der Waals surface area contributed by atoms with E-state index >= 15 is 0 Å². The number of rotatable bonds is 12. The Balaban J connectivity index is 0.890. The van der Waals surface area contributed by atoms with Crippen molar-refractivity contribution in [3.8, 4) is 11.1 Å². The van der Waals surface area contributed by atoms with E-state index in [1.807, 2.05) is 0 Å². The molecule has 0 saturated carbocycles. The van der Waals surface area contributed by atoms with Crippen molar-refractivity contribution >= 4 is 53.0 Å². The van der Waals surface area contributed by atoms with E-state index in [1.165, 1.54) is 50.1 Å². The van der Waals surface area contributed by atoms with Gasteiger partial charge < -0.3 is 4.90 Å². The number of para-hydroxylation sites is 2. The van der Waals surface area contributed by atoms with Crippen LogP contribution in [-0.4, -0.2) is 0 Å². The van der Waals surface area contributed by atoms with Gasteiger partial charge in [-0.05, 0) is 98.5 Å². The molecule has 8 rings (SSSR count). The van der Waals surface area contributed by atoms with Crippen molar-refractivity contribution in [2.24, 2.45) is 0 Å². The van der Waals surface area contributed by atoms with Crippen LogP contribution in [0, 0.1) is 0 Å². The second-order valence-corrected chi connectivity index (χ2v) is 13.9. The molecular weight excluding hydrogens is 675 g/mol. The highest BCUT2D eigenvalue weighted by molar-refractivity contribution is 5.83. The molecule has 1 nitrogen and oxygen atoms in total. The molecule has 0 spiro atoms. The highest BCUT2D eigenvalue weighted by Gasteiger charge is 2.11. The number of hydrogen-bond acceptors (Lipinski definition) is 1. The Hall–Kier alpha value is -7.22. The van der Waals surface area contributed by atoms with Crippen LogP contribution in [0.2, 0.25) is 0 Å². The summed E-state index contributed by atoms with van der Waals surface area (Å²) in [4.78, 5) is 2.28. The molecule has 0 aliphatic carbocycles. The van der Waals surface area contributed by atoms with E-state index in [4.69, 9.17) is 0 Å². The van der Waals surface area contributed by atoms with Crippen LogP contribution in [0.3, 0.4) is 0 Å². The molecule has 8 aromatic carbocycles. The zero-order valence-corrected chi connectivity index (χ0v) is 31.3. The molecule has 0 atom stereocenters. The molecule has 0 heterocycles. The summed E-state index contributed by atoms with van der Waals surface area (Å²) in [6.07, 6.45) is 11.9. The number of nitrogens with zero attached hydrogens (tertiary/aromatic N) is 1. The van der Waals surface area contributed by atoms with Gasteiger partial charge >= 0.3 is 0 Å². The van der Waals surface area contributed by atoms with Gasteiger partial charge in [0.05, 0.1) is 0 Å². The Bertz CT molecular complexity index is 2470. The highest BCUT2D eigenvalue weighted by atomic mass is 15.1. The first-order valence-electron chi connectivity index (χ1n) is 19.2. The minimum atomic E-state index is 0.893. The van der Waals surface area contributed by atoms with Crippen molar-refractivity contribution in [2.75, 3.05) is 4.90 Å². The van der Waals surface area contributed by atoms with Crippen LogP contribution in [0.4, 0.5) is 17.1 Å². The van der Waals surface area contributed by atoms with Crippen LogP contribution in [0.15, 0.2) is 218 Å². The van der Waals surface area contributed by atoms with Crippen LogP contribution < -0.4 is 4.90 Å². The summed E-state index contributed by atoms with van der Waals surface area (Å²) in [5.74, 6) is 0. The fourth-order valence-electron chi connectivity index (χ4n) is 6.90. The number of anilines is 3. The van der Waals surface area contributed by atoms with Gasteiger partial charge in [0, 0.05) is 17.1 Å². The smallest absolute Gasteiger partial charge is 0.0462 e. The second kappa shape index (κ2) is 17.7. The van der Waals surface area contributed by atoms with Crippen molar-refractivity contribution in [3.63, 3.8) is 0 Å². The van der Waals surface area contributed by atoms with E-state index in [9.17, 15) is 0 Å². The standard InChI is InChI=1S/C55H43N/c1-5-13-47(14-6-1)41-52(49-15-7-2-8-16-49)42-48-27-25-43(26-28-48)21-22-44-29-35-50(36-30-44)51-37-31-45(32-38-51)23-24-46-33-39-55(40-34-46)56(53-17-9-3-10-18-53)54-19-11-4-12-20-54/h1-40,42H,41H2/b22-21+,24-23+,52-42-. The summed E-state index contributed by atoms with van der Waals surface area (Å²) >= 11 is 0. The maximum absolute atomic E-state index is 2.31. The lowest BCUT2D eigenvalue weighted by Gasteiger charge is -2.25. The third-order valence-corrected chi connectivity index (χ3v) is 9.93. The molecular formula is C55H43N. The van der Waals surface area contributed by atoms with Gasteiger partial charge in [-0.15, -0.1) is 0 Å². The van der Waals surface area contributed by atoms with Crippen LogP contribution in [0.5, 0.6) is 0 Å². The van der Waals surface area contributed by atoms with Gasteiger partial charge in [-0.25, -0.2) is 0 Å². The van der Waals surface area contributed by atoms with E-state index in [0.717, 1.165) is 29.0 Å². The van der Waals surface area contributed by atoms with Gasteiger partial charge in [0.15, 0.2) is 0 Å². The third-order valence-electron chi connectivity index (χ3n) is 9.93. The normalized spacial score (nSPS) is 11.6. The van der Waals surface area contributed by atoms with Crippen LogP contribution in [0.25, 0.3) is 47.1 Å². The molecule has 56 heavy (non-hydrogen) atoms. The van der Waals surface area contributed by atoms with Crippen LogP contribution in [-0.2, 0) is 6.42 Å². The van der Waals surface area contributed by atoms with Crippen molar-refractivity contribution < 1.29 is 0 Å². The molecule has 0 saturated heterocycles. The van der Waals surface area contributed by atoms with E-state index in [-0.39, 0.29) is 0 Å². The highest BCUT2D eigenvalue weighted by Crippen LogP contribution is 2.34. The zero-order chi connectivity index (χ0) is 37.8. The second-order valence-electron chi connectivity index (χ2n) is 13.9. The molecule has 0 aromatic heterocycles. The Labute approximate surface area is 331 Å². The first-order valence-corrected chi connectivity index (χ1v) is 19.2. The number of hydrogen-bond donors (Lipinski definition) is 0. The van der Waals surface area contributed by atoms with Gasteiger partial charge in [0.25, 0.3) is 0 Å². The maximum atomic E-state index is 2.31. The lowest BCUT2D eigenvalue weighted by molar-refractivity contribution is 1.28. The molecule has 0 aliphatic heterocycles. The molecule has 1 heteroatoms. The summed E-state index contributed by atoms with van der Waals surface area (Å²) in [6.45, 7) is 0. The summed E-state index contributed by atoms with van der Waals surface area (Å²) in [6, 6.07) is 77.4. The SMILES string of the molecule is C(=C(\Cc1ccccc1)c1ccccc1)/c1ccc(/C=C/c2ccc(-c3ccc(/C=C/c4ccc(N(c5ccccc5)c5ccccc5)cc4)cc3)cc2)cc1. The molecule has 268 valence electrons. The molecule has 0 radical (unpaired) electrons. The minimum absolute atomic E-state index is 0.893. The van der Waals surface area contributed by atoms with Crippen molar-refractivity contribution in [1.29, 1.82) is 0 Å². The Kier molecular flexibility index (Phi) is 11.3. The van der Waals surface area contributed by atoms with Gasteiger partial charge in [0.1, 0.15) is 0 Å². The van der Waals surface area contributed by atoms with Crippen molar-refractivity contribution in [2.45, 2.75) is 6.42 Å². The Morgan fingerprint density at radius 1 is 0.321 bits per heavy atom. The van der Waals surface area contributed by atoms with Crippen molar-refractivity contribution in [3.05, 3.63) is 257 Å². The first kappa shape index (κ1) is 35.8. The molecule has 0 N–H and O–H groups in total. The molecule has 8 aromatic rings. The summed E-state index contributed by atoms with van der Waals surface area (Å²) < 4.78 is 0. The van der Waals surface area contributed by atoms with Crippen molar-refractivity contribution in [1.82, 2.24) is 0 Å². The molecule has 0 aliphatic rings. The topological polar surface area (TPSA) is 3.24 Å². The van der Waals surface area contributed by atoms with Crippen LogP contribution >= 0.6 is 0 Å². The fourth-order valence-corrected chi connectivity index (χ4v) is 6.90. The summed E-state index contributed by atoms with van der Waals surface area (Å²) in [5, 5.41) is 0. The zero-order valence-electron chi connectivity index (χ0n) is 31.3. The van der Waals surface area contributed by atoms with E-state index in [0.29, 0.717) is 0 Å². The third kappa shape index (κ3) is 9.28. The Morgan fingerprint density at radius 2 is 0.661 bits per heavy atom. The average molecular weight is 718 g/mol. The van der Waals surface area contributed by atoms with E-state index in [2.05, 4.69) is 254 Å². The largest absolute Gasteiger partial charge is 0.311 e. The first-order chi connectivity index (χ1) is 27.7. The van der Waals surface area contributed by atoms with Gasteiger partial charge in [0.2, 0.25) is 0 Å². The van der Waals surface area contributed by atoms with Gasteiger partial charge in [-0.2, -0.15) is 0 Å². The van der Waals surface area contributed by atoms with Gasteiger partial charge in [-0.1, -0.05) is 212 Å². The molecule has 0 fully saturated rings. The average Bonchev–Trinajstić information content (AvgIpc) is 3.27. The lowest BCUT2D eigenvalue weighted by atomic mass is 9.96. The molecule has 0 unspecified atom stereocenters. The number of allylic oxidation sites excluding steroid dienone is 1. The molecule has 0 bridgehead atoms. The fraction of sp³-hybridized carbons (Fsp3) is 0.0182. The number of benzene rings is 8. The minimum Gasteiger partial charge on any atom is -0.311 e. The Morgan fingerprint density at radius 3 is 1.11 bits per heavy atom. The predicted molar refractivity (Wildman–Crippen MR) is 242 cm³/mol. The maximum Gasteiger partial charge on any atom is 0.0462 e. The summed E-state index contributed by atoms with van der Waals surface area (Å²) in [5.41, 5.74) is 15.6. The van der Waals surface area contributed by atoms with Crippen LogP contribution in [0.1, 0.15) is 38.9 Å². The van der Waals surface area contributed by atoms with E-state index in [1.54, 1.807) is 0 Å². The summed E-state index contributed by atoms with van der Waals surface area (Å²) in [7, 11) is 0. The quantitative estimate of drug-likeness (QED) is 0.114. The van der Waals surface area contributed by atoms with Gasteiger partial charge in [-0.3, -0.25) is 0 Å². The van der Waals surface area contributed by atoms with E-state index < -0.39 is 0 Å². The monoisotopic (exact) mass is 717 g/mol. The lowest BCUT2D eigenvalue weighted by Crippen LogP contribution is -2.09.